The molecule has 1 amide bonds. The molecule has 26 heavy (non-hydrogen) atoms. The largest absolute Gasteiger partial charge is 0.444 e. The molecule has 2 atom stereocenters. The predicted molar refractivity (Wildman–Crippen MR) is 97.9 cm³/mol. The molecule has 0 saturated carbocycles. The van der Waals surface area contributed by atoms with Crippen molar-refractivity contribution in [2.45, 2.75) is 45.6 Å². The zero-order valence-electron chi connectivity index (χ0n) is 15.8. The highest BCUT2D eigenvalue weighted by Gasteiger charge is 2.33. The van der Waals surface area contributed by atoms with Gasteiger partial charge in [0.05, 0.1) is 5.69 Å². The van der Waals surface area contributed by atoms with Crippen LogP contribution in [-0.4, -0.2) is 39.5 Å². The average Bonchev–Trinajstić information content (AvgIpc) is 3.03. The highest BCUT2D eigenvalue weighted by molar-refractivity contribution is 5.68. The van der Waals surface area contributed by atoms with Gasteiger partial charge < -0.3 is 9.64 Å². The third-order valence-electron chi connectivity index (χ3n) is 4.68. The number of nitrogens with zero attached hydrogens (tertiary/aromatic N) is 3. The molecular weight excluding hydrogens is 333 g/mol. The van der Waals surface area contributed by atoms with Crippen molar-refractivity contribution in [2.75, 3.05) is 13.1 Å². The van der Waals surface area contributed by atoms with Gasteiger partial charge in [0.1, 0.15) is 11.4 Å². The maximum atomic E-state index is 13.2. The first kappa shape index (κ1) is 18.4. The van der Waals surface area contributed by atoms with Gasteiger partial charge in [-0.15, -0.1) is 0 Å². The molecule has 2 aromatic rings. The monoisotopic (exact) mass is 359 g/mol. The van der Waals surface area contributed by atoms with E-state index < -0.39 is 5.60 Å². The number of halogens is 1. The number of carbonyl (C=O) groups is 1. The molecule has 1 aromatic heterocycles. The van der Waals surface area contributed by atoms with Gasteiger partial charge in [0, 0.05) is 30.9 Å². The summed E-state index contributed by atoms with van der Waals surface area (Å²) in [4.78, 5) is 14.1. The minimum atomic E-state index is -0.488. The Labute approximate surface area is 153 Å². The van der Waals surface area contributed by atoms with Crippen LogP contribution in [0.25, 0.3) is 5.69 Å². The Hall–Kier alpha value is -2.37. The maximum Gasteiger partial charge on any atom is 0.410 e. The molecule has 5 nitrogen and oxygen atoms in total. The lowest BCUT2D eigenvalue weighted by Crippen LogP contribution is -2.44. The quantitative estimate of drug-likeness (QED) is 0.800. The fourth-order valence-electron chi connectivity index (χ4n) is 3.47. The zero-order chi connectivity index (χ0) is 18.9. The first-order chi connectivity index (χ1) is 12.2. The van der Waals surface area contributed by atoms with E-state index in [9.17, 15) is 9.18 Å². The van der Waals surface area contributed by atoms with Gasteiger partial charge in [-0.05, 0) is 63.4 Å². The Morgan fingerprint density at radius 2 is 1.92 bits per heavy atom. The summed E-state index contributed by atoms with van der Waals surface area (Å²) in [6, 6.07) is 8.34. The third-order valence-corrected chi connectivity index (χ3v) is 4.68. The molecule has 0 N–H and O–H groups in total. The molecule has 1 aliphatic heterocycles. The van der Waals surface area contributed by atoms with Gasteiger partial charge in [-0.3, -0.25) is 0 Å². The Bertz CT molecular complexity index is 764. The second kappa shape index (κ2) is 7.09. The second-order valence-electron chi connectivity index (χ2n) is 7.94. The van der Waals surface area contributed by atoms with Crippen molar-refractivity contribution in [3.05, 3.63) is 48.0 Å². The van der Waals surface area contributed by atoms with E-state index in [1.807, 2.05) is 31.5 Å². The van der Waals surface area contributed by atoms with Gasteiger partial charge in [-0.1, -0.05) is 6.92 Å². The summed E-state index contributed by atoms with van der Waals surface area (Å²) in [7, 11) is 0. The number of ether oxygens (including phenoxy) is 1. The van der Waals surface area contributed by atoms with Gasteiger partial charge >= 0.3 is 6.09 Å². The van der Waals surface area contributed by atoms with Crippen molar-refractivity contribution in [1.82, 2.24) is 14.7 Å². The van der Waals surface area contributed by atoms with Crippen LogP contribution in [0.3, 0.4) is 0 Å². The van der Waals surface area contributed by atoms with Crippen molar-refractivity contribution >= 4 is 6.09 Å². The van der Waals surface area contributed by atoms with Gasteiger partial charge in [0.15, 0.2) is 0 Å². The Balaban J connectivity index is 1.74. The molecule has 2 heterocycles. The zero-order valence-corrected chi connectivity index (χ0v) is 15.8. The molecule has 0 aliphatic carbocycles. The van der Waals surface area contributed by atoms with E-state index in [0.29, 0.717) is 13.1 Å². The Kier molecular flexibility index (Phi) is 5.03. The minimum Gasteiger partial charge on any atom is -0.444 e. The van der Waals surface area contributed by atoms with Gasteiger partial charge in [-0.25, -0.2) is 13.9 Å². The topological polar surface area (TPSA) is 47.4 Å². The molecule has 0 radical (unpaired) electrons. The highest BCUT2D eigenvalue weighted by Crippen LogP contribution is 2.34. The maximum absolute atomic E-state index is 13.2. The van der Waals surface area contributed by atoms with Crippen LogP contribution in [0.15, 0.2) is 36.5 Å². The number of carbonyl (C=O) groups excluding carboxylic acids is 1. The van der Waals surface area contributed by atoms with Gasteiger partial charge in [0.25, 0.3) is 0 Å². The highest BCUT2D eigenvalue weighted by atomic mass is 19.1. The average molecular weight is 359 g/mol. The minimum absolute atomic E-state index is 0.255. The van der Waals surface area contributed by atoms with E-state index in [4.69, 9.17) is 4.74 Å². The van der Waals surface area contributed by atoms with Crippen molar-refractivity contribution in [3.8, 4) is 5.69 Å². The van der Waals surface area contributed by atoms with Crippen LogP contribution in [0.1, 0.15) is 45.7 Å². The lowest BCUT2D eigenvalue weighted by Gasteiger charge is -2.37. The Morgan fingerprint density at radius 3 is 2.54 bits per heavy atom. The molecule has 0 unspecified atom stereocenters. The molecule has 0 spiro atoms. The van der Waals surface area contributed by atoms with Crippen LogP contribution in [-0.2, 0) is 4.74 Å². The molecule has 0 bridgehead atoms. The normalized spacial score (nSPS) is 20.9. The number of likely N-dealkylation sites (tertiary alicyclic amines) is 1. The number of piperidine rings is 1. The van der Waals surface area contributed by atoms with Crippen LogP contribution in [0, 0.1) is 11.7 Å². The van der Waals surface area contributed by atoms with Crippen LogP contribution >= 0.6 is 0 Å². The second-order valence-corrected chi connectivity index (χ2v) is 7.94. The number of aromatic nitrogens is 2. The van der Waals surface area contributed by atoms with Gasteiger partial charge in [-0.2, -0.15) is 5.10 Å². The molecule has 3 rings (SSSR count). The van der Waals surface area contributed by atoms with E-state index in [0.717, 1.165) is 17.8 Å². The first-order valence-electron chi connectivity index (χ1n) is 9.02. The molecule has 1 aromatic carbocycles. The molecule has 1 aliphatic rings. The smallest absolute Gasteiger partial charge is 0.410 e. The van der Waals surface area contributed by atoms with Crippen molar-refractivity contribution in [2.24, 2.45) is 5.92 Å². The SMILES string of the molecule is C[C@@H]1CN(C(=O)OC(C)(C)C)CC[C@@H]1c1ccnn1-c1ccc(F)cc1. The van der Waals surface area contributed by atoms with E-state index in [1.54, 1.807) is 23.2 Å². The summed E-state index contributed by atoms with van der Waals surface area (Å²) in [5.41, 5.74) is 1.44. The first-order valence-corrected chi connectivity index (χ1v) is 9.02. The van der Waals surface area contributed by atoms with Crippen LogP contribution in [0.4, 0.5) is 9.18 Å². The summed E-state index contributed by atoms with van der Waals surface area (Å²) in [6.07, 6.45) is 2.36. The van der Waals surface area contributed by atoms with Crippen molar-refractivity contribution in [1.29, 1.82) is 0 Å². The molecular formula is C20H26FN3O2. The van der Waals surface area contributed by atoms with E-state index in [1.165, 1.54) is 12.1 Å². The van der Waals surface area contributed by atoms with Crippen LogP contribution in [0.2, 0.25) is 0 Å². The lowest BCUT2D eigenvalue weighted by atomic mass is 9.84. The number of rotatable bonds is 2. The number of hydrogen-bond acceptors (Lipinski definition) is 3. The summed E-state index contributed by atoms with van der Waals surface area (Å²) in [6.45, 7) is 9.07. The van der Waals surface area contributed by atoms with Gasteiger partial charge in [0.2, 0.25) is 0 Å². The fraction of sp³-hybridized carbons (Fsp3) is 0.500. The molecule has 6 heteroatoms. The van der Waals surface area contributed by atoms with Crippen LogP contribution in [0.5, 0.6) is 0 Å². The number of hydrogen-bond donors (Lipinski definition) is 0. The summed E-state index contributed by atoms with van der Waals surface area (Å²) in [5.74, 6) is 0.287. The predicted octanol–water partition coefficient (Wildman–Crippen LogP) is 4.37. The fourth-order valence-corrected chi connectivity index (χ4v) is 3.47. The summed E-state index contributed by atoms with van der Waals surface area (Å²) in [5, 5.41) is 4.42. The molecule has 1 saturated heterocycles. The number of benzene rings is 1. The standard InChI is InChI=1S/C20H26FN3O2/c1-14-13-23(19(25)26-20(2,3)4)12-10-17(14)18-9-11-22-24(18)16-7-5-15(21)6-8-16/h5-9,11,14,17H,10,12-13H2,1-4H3/t14-,17+/m1/s1. The van der Waals surface area contributed by atoms with Crippen molar-refractivity contribution in [3.63, 3.8) is 0 Å². The van der Waals surface area contributed by atoms with Crippen molar-refractivity contribution < 1.29 is 13.9 Å². The lowest BCUT2D eigenvalue weighted by molar-refractivity contribution is 0.0153. The summed E-state index contributed by atoms with van der Waals surface area (Å²) >= 11 is 0. The third kappa shape index (κ3) is 4.06. The number of amides is 1. The molecule has 1 fully saturated rings. The van der Waals surface area contributed by atoms with E-state index in [-0.39, 0.29) is 23.7 Å². The Morgan fingerprint density at radius 1 is 1.23 bits per heavy atom. The molecule has 140 valence electrons. The van der Waals surface area contributed by atoms with Crippen LogP contribution < -0.4 is 0 Å². The van der Waals surface area contributed by atoms with E-state index >= 15 is 0 Å². The summed E-state index contributed by atoms with van der Waals surface area (Å²) < 4.78 is 20.6. The van der Waals surface area contributed by atoms with E-state index in [2.05, 4.69) is 12.0 Å².